The van der Waals surface area contributed by atoms with Gasteiger partial charge in [-0.15, -0.1) is 0 Å². The summed E-state index contributed by atoms with van der Waals surface area (Å²) in [5.74, 6) is 0.528. The van der Waals surface area contributed by atoms with Gasteiger partial charge < -0.3 is 5.11 Å². The summed E-state index contributed by atoms with van der Waals surface area (Å²) in [4.78, 5) is 9.18. The fourth-order valence-corrected chi connectivity index (χ4v) is 2.96. The fraction of sp³-hybridized carbons (Fsp3) is 0.0417. The van der Waals surface area contributed by atoms with Gasteiger partial charge in [-0.25, -0.2) is 15.4 Å². The summed E-state index contributed by atoms with van der Waals surface area (Å²) in [7, 11) is 0. The lowest BCUT2D eigenvalue weighted by atomic mass is 10.1. The van der Waals surface area contributed by atoms with Crippen molar-refractivity contribution in [1.82, 2.24) is 9.97 Å². The molecule has 0 radical (unpaired) electrons. The van der Waals surface area contributed by atoms with Gasteiger partial charge in [0.1, 0.15) is 5.75 Å². The Morgan fingerprint density at radius 3 is 2.14 bits per heavy atom. The maximum atomic E-state index is 10.3. The molecule has 5 heteroatoms. The first-order valence-electron chi connectivity index (χ1n) is 9.29. The largest absolute Gasteiger partial charge is 0.507 e. The predicted molar refractivity (Wildman–Crippen MR) is 117 cm³/mol. The Balaban J connectivity index is 1.75. The smallest absolute Gasteiger partial charge is 0.244 e. The van der Waals surface area contributed by atoms with E-state index in [0.717, 1.165) is 22.5 Å². The summed E-state index contributed by atoms with van der Waals surface area (Å²) in [6, 6.07) is 28.7. The minimum Gasteiger partial charge on any atom is -0.507 e. The van der Waals surface area contributed by atoms with Gasteiger partial charge in [-0.05, 0) is 30.7 Å². The molecule has 5 nitrogen and oxygen atoms in total. The van der Waals surface area contributed by atoms with Crippen LogP contribution in [0.3, 0.4) is 0 Å². The van der Waals surface area contributed by atoms with Gasteiger partial charge >= 0.3 is 0 Å². The number of aromatic hydroxyl groups is 1. The molecule has 0 saturated carbocycles. The molecule has 0 aliphatic heterocycles. The number of aromatic nitrogens is 2. The van der Waals surface area contributed by atoms with Crippen molar-refractivity contribution in [2.24, 2.45) is 5.10 Å². The molecule has 3 aromatic carbocycles. The zero-order chi connectivity index (χ0) is 20.1. The Bertz CT molecular complexity index is 1140. The number of benzene rings is 3. The first kappa shape index (κ1) is 18.4. The fourth-order valence-electron chi connectivity index (χ4n) is 2.96. The van der Waals surface area contributed by atoms with E-state index in [2.05, 4.69) is 20.5 Å². The van der Waals surface area contributed by atoms with Gasteiger partial charge in [-0.2, -0.15) is 5.10 Å². The van der Waals surface area contributed by atoms with Gasteiger partial charge in [0, 0.05) is 11.1 Å². The van der Waals surface area contributed by atoms with Crippen molar-refractivity contribution in [3.8, 4) is 28.3 Å². The van der Waals surface area contributed by atoms with E-state index < -0.39 is 0 Å². The minimum absolute atomic E-state index is 0.167. The highest BCUT2D eigenvalue weighted by atomic mass is 16.3. The molecule has 142 valence electrons. The second kappa shape index (κ2) is 8.35. The van der Waals surface area contributed by atoms with Crippen LogP contribution in [0.5, 0.6) is 5.75 Å². The molecule has 0 unspecified atom stereocenters. The number of hydrogen-bond donors (Lipinski definition) is 2. The van der Waals surface area contributed by atoms with E-state index in [-0.39, 0.29) is 5.75 Å². The third kappa shape index (κ3) is 4.30. The third-order valence-electron chi connectivity index (χ3n) is 4.49. The van der Waals surface area contributed by atoms with Crippen LogP contribution in [-0.4, -0.2) is 20.8 Å². The van der Waals surface area contributed by atoms with Crippen molar-refractivity contribution < 1.29 is 5.11 Å². The molecule has 4 aromatic rings. The van der Waals surface area contributed by atoms with Gasteiger partial charge in [-0.1, -0.05) is 72.8 Å². The lowest BCUT2D eigenvalue weighted by Crippen LogP contribution is -2.04. The molecular weight excluding hydrogens is 360 g/mol. The van der Waals surface area contributed by atoms with Gasteiger partial charge in [0.15, 0.2) is 0 Å². The monoisotopic (exact) mass is 380 g/mol. The number of hydrazone groups is 1. The van der Waals surface area contributed by atoms with E-state index in [4.69, 9.17) is 0 Å². The van der Waals surface area contributed by atoms with Crippen molar-refractivity contribution in [2.45, 2.75) is 6.92 Å². The number of para-hydroxylation sites is 1. The zero-order valence-electron chi connectivity index (χ0n) is 15.9. The standard InChI is InChI=1S/C24H20N4O/c1-17(18-10-4-2-5-11-18)27-28-24-25-21(19-12-6-3-7-13-19)16-22(26-24)20-14-8-9-15-23(20)29/h2-16,29H,1H3,(H,25,26,28). The molecule has 0 bridgehead atoms. The van der Waals surface area contributed by atoms with E-state index in [1.807, 2.05) is 85.8 Å². The second-order valence-corrected chi connectivity index (χ2v) is 6.52. The van der Waals surface area contributed by atoms with Gasteiger partial charge in [0.25, 0.3) is 0 Å². The minimum atomic E-state index is 0.167. The Morgan fingerprint density at radius 2 is 1.41 bits per heavy atom. The Morgan fingerprint density at radius 1 is 0.793 bits per heavy atom. The van der Waals surface area contributed by atoms with Crippen LogP contribution in [0.2, 0.25) is 0 Å². The van der Waals surface area contributed by atoms with Crippen LogP contribution in [0, 0.1) is 0 Å². The second-order valence-electron chi connectivity index (χ2n) is 6.52. The molecule has 0 spiro atoms. The molecule has 1 aromatic heterocycles. The number of phenolic OH excluding ortho intramolecular Hbond substituents is 1. The number of nitrogens with one attached hydrogen (secondary N) is 1. The summed E-state index contributed by atoms with van der Waals surface area (Å²) in [5.41, 5.74) is 7.76. The molecule has 4 rings (SSSR count). The number of phenols is 1. The van der Waals surface area contributed by atoms with Crippen LogP contribution in [0.1, 0.15) is 12.5 Å². The van der Waals surface area contributed by atoms with Crippen LogP contribution < -0.4 is 5.43 Å². The summed E-state index contributed by atoms with van der Waals surface area (Å²) < 4.78 is 0. The van der Waals surface area contributed by atoms with Crippen LogP contribution in [0.4, 0.5) is 5.95 Å². The Labute approximate surface area is 169 Å². The molecule has 0 amide bonds. The number of hydrogen-bond acceptors (Lipinski definition) is 5. The predicted octanol–water partition coefficient (Wildman–Crippen LogP) is 5.35. The summed E-state index contributed by atoms with van der Waals surface area (Å²) >= 11 is 0. The SMILES string of the molecule is CC(=NNc1nc(-c2ccccc2)cc(-c2ccccc2O)n1)c1ccccc1. The molecule has 0 aliphatic carbocycles. The van der Waals surface area contributed by atoms with E-state index in [1.165, 1.54) is 0 Å². The van der Waals surface area contributed by atoms with Crippen molar-refractivity contribution in [1.29, 1.82) is 0 Å². The van der Waals surface area contributed by atoms with E-state index in [0.29, 0.717) is 17.2 Å². The normalized spacial score (nSPS) is 11.3. The molecule has 1 heterocycles. The number of nitrogens with zero attached hydrogens (tertiary/aromatic N) is 3. The zero-order valence-corrected chi connectivity index (χ0v) is 15.9. The number of rotatable bonds is 5. The third-order valence-corrected chi connectivity index (χ3v) is 4.49. The van der Waals surface area contributed by atoms with Crippen LogP contribution in [0.25, 0.3) is 22.5 Å². The van der Waals surface area contributed by atoms with Gasteiger partial charge in [0.05, 0.1) is 17.1 Å². The molecule has 0 fully saturated rings. The van der Waals surface area contributed by atoms with Gasteiger partial charge in [-0.3, -0.25) is 0 Å². The molecule has 2 N–H and O–H groups in total. The first-order valence-corrected chi connectivity index (χ1v) is 9.29. The topological polar surface area (TPSA) is 70.4 Å². The van der Waals surface area contributed by atoms with Crippen LogP contribution >= 0.6 is 0 Å². The average Bonchev–Trinajstić information content (AvgIpc) is 2.79. The van der Waals surface area contributed by atoms with E-state index in [9.17, 15) is 5.11 Å². The molecule has 29 heavy (non-hydrogen) atoms. The summed E-state index contributed by atoms with van der Waals surface area (Å²) in [6.07, 6.45) is 0. The van der Waals surface area contributed by atoms with Crippen LogP contribution in [0.15, 0.2) is 96.1 Å². The quantitative estimate of drug-likeness (QED) is 0.362. The average molecular weight is 380 g/mol. The first-order chi connectivity index (χ1) is 14.2. The molecule has 0 saturated heterocycles. The lowest BCUT2D eigenvalue weighted by molar-refractivity contribution is 0.477. The highest BCUT2D eigenvalue weighted by molar-refractivity contribution is 5.98. The lowest BCUT2D eigenvalue weighted by Gasteiger charge is -2.10. The summed E-state index contributed by atoms with van der Waals surface area (Å²) in [6.45, 7) is 1.92. The molecular formula is C24H20N4O. The number of anilines is 1. The van der Waals surface area contributed by atoms with Crippen molar-refractivity contribution >= 4 is 11.7 Å². The van der Waals surface area contributed by atoms with Crippen molar-refractivity contribution in [3.05, 3.63) is 96.6 Å². The van der Waals surface area contributed by atoms with Gasteiger partial charge in [0.2, 0.25) is 5.95 Å². The van der Waals surface area contributed by atoms with E-state index in [1.54, 1.807) is 12.1 Å². The highest BCUT2D eigenvalue weighted by Crippen LogP contribution is 2.30. The van der Waals surface area contributed by atoms with Crippen molar-refractivity contribution in [3.63, 3.8) is 0 Å². The van der Waals surface area contributed by atoms with Crippen molar-refractivity contribution in [2.75, 3.05) is 5.43 Å². The molecule has 0 atom stereocenters. The maximum Gasteiger partial charge on any atom is 0.244 e. The summed E-state index contributed by atoms with van der Waals surface area (Å²) in [5, 5.41) is 14.7. The van der Waals surface area contributed by atoms with Crippen LogP contribution in [-0.2, 0) is 0 Å². The Hall–Kier alpha value is -3.99. The Kier molecular flexibility index (Phi) is 5.29. The highest BCUT2D eigenvalue weighted by Gasteiger charge is 2.11. The van der Waals surface area contributed by atoms with E-state index >= 15 is 0 Å². The maximum absolute atomic E-state index is 10.3. The molecule has 0 aliphatic rings.